The maximum absolute atomic E-state index is 9.70. The molecule has 0 aliphatic carbocycles. The van der Waals surface area contributed by atoms with Crippen molar-refractivity contribution in [2.75, 3.05) is 6.61 Å². The summed E-state index contributed by atoms with van der Waals surface area (Å²) in [7, 11) is 0. The van der Waals surface area contributed by atoms with Crippen LogP contribution < -0.4 is 9.47 Å². The van der Waals surface area contributed by atoms with Crippen molar-refractivity contribution < 1.29 is 14.6 Å². The highest BCUT2D eigenvalue weighted by Gasteiger charge is 2.04. The smallest absolute Gasteiger partial charge is 0.161 e. The first kappa shape index (κ1) is 11.3. The minimum atomic E-state index is 0.0836. The predicted molar refractivity (Wildman–Crippen MR) is 65.8 cm³/mol. The van der Waals surface area contributed by atoms with Crippen molar-refractivity contribution in [1.29, 1.82) is 0 Å². The van der Waals surface area contributed by atoms with Gasteiger partial charge < -0.3 is 14.6 Å². The molecule has 0 heterocycles. The van der Waals surface area contributed by atoms with E-state index in [0.717, 1.165) is 5.75 Å². The van der Waals surface area contributed by atoms with E-state index < -0.39 is 0 Å². The topological polar surface area (TPSA) is 38.7 Å². The molecular weight excluding hydrogens is 216 g/mol. The molecule has 0 spiro atoms. The molecule has 0 aliphatic heterocycles. The van der Waals surface area contributed by atoms with Gasteiger partial charge in [-0.05, 0) is 31.2 Å². The maximum atomic E-state index is 9.70. The molecule has 1 N–H and O–H groups in total. The van der Waals surface area contributed by atoms with Gasteiger partial charge in [-0.3, -0.25) is 0 Å². The van der Waals surface area contributed by atoms with E-state index in [1.165, 1.54) is 6.07 Å². The monoisotopic (exact) mass is 230 g/mol. The van der Waals surface area contributed by atoms with E-state index in [-0.39, 0.29) is 5.75 Å². The van der Waals surface area contributed by atoms with Gasteiger partial charge in [-0.2, -0.15) is 0 Å². The third-order valence-electron chi connectivity index (χ3n) is 2.21. The number of hydrogen-bond acceptors (Lipinski definition) is 3. The largest absolute Gasteiger partial charge is 0.504 e. The number of phenolic OH excluding ortho intramolecular Hbond substituents is 1. The summed E-state index contributed by atoms with van der Waals surface area (Å²) < 4.78 is 10.8. The Morgan fingerprint density at radius 3 is 2.41 bits per heavy atom. The van der Waals surface area contributed by atoms with Crippen molar-refractivity contribution in [2.24, 2.45) is 0 Å². The fraction of sp³-hybridized carbons (Fsp3) is 0.143. The Balaban J connectivity index is 2.15. The average molecular weight is 230 g/mol. The number of aromatic hydroxyl groups is 1. The van der Waals surface area contributed by atoms with Gasteiger partial charge in [0.25, 0.3) is 0 Å². The zero-order valence-corrected chi connectivity index (χ0v) is 9.59. The zero-order chi connectivity index (χ0) is 12.1. The second kappa shape index (κ2) is 5.25. The van der Waals surface area contributed by atoms with Gasteiger partial charge in [-0.15, -0.1) is 0 Å². The van der Waals surface area contributed by atoms with E-state index in [4.69, 9.17) is 9.47 Å². The summed E-state index contributed by atoms with van der Waals surface area (Å²) in [5.74, 6) is 1.86. The van der Waals surface area contributed by atoms with Crippen LogP contribution in [0.1, 0.15) is 6.92 Å². The van der Waals surface area contributed by atoms with Gasteiger partial charge in [0.15, 0.2) is 11.5 Å². The lowest BCUT2D eigenvalue weighted by molar-refractivity contribution is 0.317. The number of hydrogen-bond donors (Lipinski definition) is 1. The molecule has 0 atom stereocenters. The van der Waals surface area contributed by atoms with Gasteiger partial charge in [-0.1, -0.05) is 18.2 Å². The standard InChI is InChI=1S/C14H14O3/c1-2-16-14-9-8-12(10-13(14)15)17-11-6-4-3-5-7-11/h3-10,15H,2H2,1H3. The van der Waals surface area contributed by atoms with E-state index in [1.54, 1.807) is 12.1 Å². The number of rotatable bonds is 4. The summed E-state index contributed by atoms with van der Waals surface area (Å²) in [5.41, 5.74) is 0. The summed E-state index contributed by atoms with van der Waals surface area (Å²) in [5, 5.41) is 9.70. The molecule has 0 bridgehead atoms. The molecular formula is C14H14O3. The van der Waals surface area contributed by atoms with Crippen molar-refractivity contribution in [3.05, 3.63) is 48.5 Å². The predicted octanol–water partition coefficient (Wildman–Crippen LogP) is 3.58. The van der Waals surface area contributed by atoms with Crippen LogP contribution in [0.5, 0.6) is 23.0 Å². The lowest BCUT2D eigenvalue weighted by atomic mass is 10.3. The van der Waals surface area contributed by atoms with Crippen LogP contribution in [0.15, 0.2) is 48.5 Å². The van der Waals surface area contributed by atoms with Crippen molar-refractivity contribution in [3.63, 3.8) is 0 Å². The second-order valence-electron chi connectivity index (χ2n) is 3.48. The number of ether oxygens (including phenoxy) is 2. The van der Waals surface area contributed by atoms with Crippen molar-refractivity contribution in [2.45, 2.75) is 6.92 Å². The number of para-hydroxylation sites is 1. The quantitative estimate of drug-likeness (QED) is 0.872. The summed E-state index contributed by atoms with van der Waals surface area (Å²) in [6, 6.07) is 14.4. The molecule has 0 fully saturated rings. The van der Waals surface area contributed by atoms with Crippen molar-refractivity contribution in [1.82, 2.24) is 0 Å². The van der Waals surface area contributed by atoms with Gasteiger partial charge >= 0.3 is 0 Å². The molecule has 2 aromatic carbocycles. The molecule has 3 heteroatoms. The molecule has 0 radical (unpaired) electrons. The molecule has 3 nitrogen and oxygen atoms in total. The van der Waals surface area contributed by atoms with E-state index in [9.17, 15) is 5.11 Å². The number of phenols is 1. The fourth-order valence-corrected chi connectivity index (χ4v) is 1.46. The Hall–Kier alpha value is -2.16. The Kier molecular flexibility index (Phi) is 3.50. The lowest BCUT2D eigenvalue weighted by Crippen LogP contribution is -1.92. The van der Waals surface area contributed by atoms with Crippen LogP contribution in [-0.2, 0) is 0 Å². The summed E-state index contributed by atoms with van der Waals surface area (Å²) in [6.07, 6.45) is 0. The highest BCUT2D eigenvalue weighted by atomic mass is 16.5. The minimum Gasteiger partial charge on any atom is -0.504 e. The average Bonchev–Trinajstić information content (AvgIpc) is 2.34. The molecule has 0 saturated heterocycles. The Morgan fingerprint density at radius 2 is 1.76 bits per heavy atom. The van der Waals surface area contributed by atoms with Crippen LogP contribution in [0, 0.1) is 0 Å². The first-order valence-corrected chi connectivity index (χ1v) is 5.48. The van der Waals surface area contributed by atoms with E-state index in [2.05, 4.69) is 0 Å². The summed E-state index contributed by atoms with van der Waals surface area (Å²) >= 11 is 0. The SMILES string of the molecule is CCOc1ccc(Oc2ccccc2)cc1O. The maximum Gasteiger partial charge on any atom is 0.161 e. The highest BCUT2D eigenvalue weighted by molar-refractivity contribution is 5.45. The Morgan fingerprint density at radius 1 is 1.00 bits per heavy atom. The molecule has 0 aromatic heterocycles. The molecule has 0 saturated carbocycles. The minimum absolute atomic E-state index is 0.0836. The molecule has 2 rings (SSSR count). The van der Waals surface area contributed by atoms with E-state index >= 15 is 0 Å². The van der Waals surface area contributed by atoms with Crippen LogP contribution in [0.2, 0.25) is 0 Å². The molecule has 2 aromatic rings. The van der Waals surface area contributed by atoms with E-state index in [0.29, 0.717) is 18.1 Å². The highest BCUT2D eigenvalue weighted by Crippen LogP contribution is 2.32. The second-order valence-corrected chi connectivity index (χ2v) is 3.48. The molecule has 17 heavy (non-hydrogen) atoms. The molecule has 0 unspecified atom stereocenters. The summed E-state index contributed by atoms with van der Waals surface area (Å²) in [4.78, 5) is 0. The molecule has 0 amide bonds. The lowest BCUT2D eigenvalue weighted by Gasteiger charge is -2.09. The van der Waals surface area contributed by atoms with Gasteiger partial charge in [0.05, 0.1) is 6.61 Å². The summed E-state index contributed by atoms with van der Waals surface area (Å²) in [6.45, 7) is 2.39. The first-order valence-electron chi connectivity index (χ1n) is 5.48. The van der Waals surface area contributed by atoms with Crippen LogP contribution in [0.4, 0.5) is 0 Å². The fourth-order valence-electron chi connectivity index (χ4n) is 1.46. The first-order chi connectivity index (χ1) is 8.29. The molecule has 88 valence electrons. The van der Waals surface area contributed by atoms with E-state index in [1.807, 2.05) is 37.3 Å². The Bertz CT molecular complexity index is 480. The van der Waals surface area contributed by atoms with Crippen LogP contribution in [0.25, 0.3) is 0 Å². The van der Waals surface area contributed by atoms with Gasteiger partial charge in [0.1, 0.15) is 11.5 Å². The van der Waals surface area contributed by atoms with Crippen LogP contribution in [-0.4, -0.2) is 11.7 Å². The van der Waals surface area contributed by atoms with Crippen molar-refractivity contribution in [3.8, 4) is 23.0 Å². The third kappa shape index (κ3) is 2.91. The van der Waals surface area contributed by atoms with Gasteiger partial charge in [0.2, 0.25) is 0 Å². The third-order valence-corrected chi connectivity index (χ3v) is 2.21. The van der Waals surface area contributed by atoms with Crippen molar-refractivity contribution >= 4 is 0 Å². The zero-order valence-electron chi connectivity index (χ0n) is 9.59. The van der Waals surface area contributed by atoms with Gasteiger partial charge in [-0.25, -0.2) is 0 Å². The Labute approximate surface area is 100 Å². The van der Waals surface area contributed by atoms with Crippen LogP contribution in [0.3, 0.4) is 0 Å². The number of benzene rings is 2. The van der Waals surface area contributed by atoms with Crippen LogP contribution >= 0.6 is 0 Å². The molecule has 0 aliphatic rings. The van der Waals surface area contributed by atoms with Gasteiger partial charge in [0, 0.05) is 6.07 Å². The normalized spacial score (nSPS) is 9.94.